The van der Waals surface area contributed by atoms with Gasteiger partial charge in [0, 0.05) is 6.04 Å². The summed E-state index contributed by atoms with van der Waals surface area (Å²) < 4.78 is 0. The van der Waals surface area contributed by atoms with E-state index in [1.54, 1.807) is 0 Å². The lowest BCUT2D eigenvalue weighted by molar-refractivity contribution is 0.196. The minimum atomic E-state index is 0.0152. The SMILES string of the molecule is CCC1CCCCC1C(N)c1cccc(Cl)c1Cl. The van der Waals surface area contributed by atoms with Crippen LogP contribution in [0.5, 0.6) is 0 Å². The van der Waals surface area contributed by atoms with Crippen LogP contribution in [0, 0.1) is 11.8 Å². The zero-order valence-corrected chi connectivity index (χ0v) is 12.3. The molecule has 0 aromatic heterocycles. The molecule has 3 atom stereocenters. The van der Waals surface area contributed by atoms with Crippen molar-refractivity contribution in [2.75, 3.05) is 0 Å². The maximum Gasteiger partial charge on any atom is 0.0640 e. The molecule has 1 aliphatic rings. The van der Waals surface area contributed by atoms with Crippen molar-refractivity contribution in [3.63, 3.8) is 0 Å². The lowest BCUT2D eigenvalue weighted by Crippen LogP contribution is -2.30. The van der Waals surface area contributed by atoms with Crippen LogP contribution in [0.2, 0.25) is 10.0 Å². The summed E-state index contributed by atoms with van der Waals surface area (Å²) in [4.78, 5) is 0. The van der Waals surface area contributed by atoms with Crippen molar-refractivity contribution in [2.24, 2.45) is 17.6 Å². The first-order valence-electron chi connectivity index (χ1n) is 6.84. The van der Waals surface area contributed by atoms with E-state index in [2.05, 4.69) is 6.92 Å². The lowest BCUT2D eigenvalue weighted by Gasteiger charge is -2.35. The Labute approximate surface area is 120 Å². The van der Waals surface area contributed by atoms with Crippen LogP contribution in [0.15, 0.2) is 18.2 Å². The van der Waals surface area contributed by atoms with Crippen molar-refractivity contribution in [3.8, 4) is 0 Å². The van der Waals surface area contributed by atoms with Gasteiger partial charge in [0.05, 0.1) is 10.0 Å². The van der Waals surface area contributed by atoms with Crippen LogP contribution in [0.1, 0.15) is 50.6 Å². The highest BCUT2D eigenvalue weighted by Gasteiger charge is 2.30. The van der Waals surface area contributed by atoms with E-state index in [1.165, 1.54) is 32.1 Å². The van der Waals surface area contributed by atoms with Crippen LogP contribution in [0.4, 0.5) is 0 Å². The van der Waals surface area contributed by atoms with E-state index in [1.807, 2.05) is 18.2 Å². The quantitative estimate of drug-likeness (QED) is 0.811. The van der Waals surface area contributed by atoms with Gasteiger partial charge in [-0.3, -0.25) is 0 Å². The number of benzene rings is 1. The van der Waals surface area contributed by atoms with Crippen molar-refractivity contribution in [3.05, 3.63) is 33.8 Å². The van der Waals surface area contributed by atoms with E-state index >= 15 is 0 Å². The van der Waals surface area contributed by atoms with E-state index in [-0.39, 0.29) is 6.04 Å². The molecule has 3 heteroatoms. The second-order valence-corrected chi connectivity index (χ2v) is 6.07. The van der Waals surface area contributed by atoms with Crippen LogP contribution >= 0.6 is 23.2 Å². The lowest BCUT2D eigenvalue weighted by atomic mass is 9.72. The van der Waals surface area contributed by atoms with Gasteiger partial charge in [0.15, 0.2) is 0 Å². The molecule has 1 aliphatic carbocycles. The van der Waals surface area contributed by atoms with Crippen LogP contribution < -0.4 is 5.73 Å². The zero-order valence-electron chi connectivity index (χ0n) is 10.8. The number of halogens is 2. The van der Waals surface area contributed by atoms with Crippen LogP contribution in [0.25, 0.3) is 0 Å². The summed E-state index contributed by atoms with van der Waals surface area (Å²) in [5, 5.41) is 1.24. The summed E-state index contributed by atoms with van der Waals surface area (Å²) in [5.74, 6) is 1.27. The maximum atomic E-state index is 6.46. The molecule has 0 heterocycles. The van der Waals surface area contributed by atoms with Crippen LogP contribution in [0.3, 0.4) is 0 Å². The summed E-state index contributed by atoms with van der Waals surface area (Å²) >= 11 is 12.4. The number of hydrogen-bond acceptors (Lipinski definition) is 1. The monoisotopic (exact) mass is 285 g/mol. The van der Waals surface area contributed by atoms with Gasteiger partial charge in [-0.1, -0.05) is 67.9 Å². The number of nitrogens with two attached hydrogens (primary N) is 1. The van der Waals surface area contributed by atoms with Crippen molar-refractivity contribution in [1.82, 2.24) is 0 Å². The minimum Gasteiger partial charge on any atom is -0.324 e. The van der Waals surface area contributed by atoms with Gasteiger partial charge < -0.3 is 5.73 Å². The van der Waals surface area contributed by atoms with E-state index in [9.17, 15) is 0 Å². The summed E-state index contributed by atoms with van der Waals surface area (Å²) in [6.07, 6.45) is 6.34. The van der Waals surface area contributed by atoms with Crippen molar-refractivity contribution < 1.29 is 0 Å². The van der Waals surface area contributed by atoms with Gasteiger partial charge in [-0.2, -0.15) is 0 Å². The average molecular weight is 286 g/mol. The average Bonchev–Trinajstić information content (AvgIpc) is 2.41. The molecule has 3 unspecified atom stereocenters. The molecule has 0 bridgehead atoms. The fourth-order valence-electron chi connectivity index (χ4n) is 3.22. The van der Waals surface area contributed by atoms with Crippen LogP contribution in [-0.4, -0.2) is 0 Å². The normalized spacial score (nSPS) is 26.0. The van der Waals surface area contributed by atoms with Gasteiger partial charge in [0.2, 0.25) is 0 Å². The Morgan fingerprint density at radius 3 is 2.72 bits per heavy atom. The fourth-order valence-corrected chi connectivity index (χ4v) is 3.66. The molecular formula is C15H21Cl2N. The van der Waals surface area contributed by atoms with Crippen molar-refractivity contribution in [1.29, 1.82) is 0 Å². The van der Waals surface area contributed by atoms with Gasteiger partial charge in [-0.05, 0) is 29.9 Å². The summed E-state index contributed by atoms with van der Waals surface area (Å²) in [7, 11) is 0. The van der Waals surface area contributed by atoms with Gasteiger partial charge in [-0.15, -0.1) is 0 Å². The Hall–Kier alpha value is -0.240. The van der Waals surface area contributed by atoms with Gasteiger partial charge >= 0.3 is 0 Å². The standard InChI is InChI=1S/C15H21Cl2N/c1-2-10-6-3-4-7-11(10)15(18)12-8-5-9-13(16)14(12)17/h5,8-11,15H,2-4,6-7,18H2,1H3. The Bertz CT molecular complexity index is 405. The highest BCUT2D eigenvalue weighted by Crippen LogP contribution is 2.41. The molecule has 1 aromatic rings. The van der Waals surface area contributed by atoms with Gasteiger partial charge in [0.1, 0.15) is 0 Å². The molecule has 1 saturated carbocycles. The second kappa shape index (κ2) is 6.27. The summed E-state index contributed by atoms with van der Waals surface area (Å²) in [5.41, 5.74) is 7.47. The number of rotatable bonds is 3. The largest absolute Gasteiger partial charge is 0.324 e. The van der Waals surface area contributed by atoms with E-state index < -0.39 is 0 Å². The summed E-state index contributed by atoms with van der Waals surface area (Å²) in [6.45, 7) is 2.26. The molecule has 2 N–H and O–H groups in total. The molecule has 100 valence electrons. The third-order valence-corrected chi connectivity index (χ3v) is 5.13. The van der Waals surface area contributed by atoms with E-state index in [0.29, 0.717) is 16.0 Å². The van der Waals surface area contributed by atoms with Crippen molar-refractivity contribution in [2.45, 2.75) is 45.1 Å². The molecule has 0 spiro atoms. The number of hydrogen-bond donors (Lipinski definition) is 1. The van der Waals surface area contributed by atoms with Gasteiger partial charge in [-0.25, -0.2) is 0 Å². The Kier molecular flexibility index (Phi) is 4.94. The predicted molar refractivity (Wildman–Crippen MR) is 79.1 cm³/mol. The molecule has 2 rings (SSSR count). The van der Waals surface area contributed by atoms with Gasteiger partial charge in [0.25, 0.3) is 0 Å². The molecular weight excluding hydrogens is 265 g/mol. The Morgan fingerprint density at radius 1 is 1.28 bits per heavy atom. The first-order valence-corrected chi connectivity index (χ1v) is 7.60. The molecule has 18 heavy (non-hydrogen) atoms. The van der Waals surface area contributed by atoms with Crippen LogP contribution in [-0.2, 0) is 0 Å². The van der Waals surface area contributed by atoms with E-state index in [4.69, 9.17) is 28.9 Å². The Balaban J connectivity index is 2.23. The highest BCUT2D eigenvalue weighted by atomic mass is 35.5. The minimum absolute atomic E-state index is 0.0152. The first kappa shape index (κ1) is 14.2. The molecule has 0 amide bonds. The molecule has 1 nitrogen and oxygen atoms in total. The smallest absolute Gasteiger partial charge is 0.0640 e. The third kappa shape index (κ3) is 2.84. The fraction of sp³-hybridized carbons (Fsp3) is 0.600. The molecule has 1 fully saturated rings. The third-order valence-electron chi connectivity index (χ3n) is 4.29. The molecule has 1 aromatic carbocycles. The summed E-state index contributed by atoms with van der Waals surface area (Å²) in [6, 6.07) is 5.78. The topological polar surface area (TPSA) is 26.0 Å². The second-order valence-electron chi connectivity index (χ2n) is 5.29. The Morgan fingerprint density at radius 2 is 2.00 bits per heavy atom. The molecule has 0 aliphatic heterocycles. The van der Waals surface area contributed by atoms with Crippen molar-refractivity contribution >= 4 is 23.2 Å². The highest BCUT2D eigenvalue weighted by molar-refractivity contribution is 6.42. The molecule has 0 saturated heterocycles. The molecule has 0 radical (unpaired) electrons. The zero-order chi connectivity index (χ0) is 13.1. The predicted octanol–water partition coefficient (Wildman–Crippen LogP) is 5.21. The van der Waals surface area contributed by atoms with E-state index in [0.717, 1.165) is 11.5 Å². The first-order chi connectivity index (χ1) is 8.65. The maximum absolute atomic E-state index is 6.46.